The quantitative estimate of drug-likeness (QED) is 0.445. The summed E-state index contributed by atoms with van der Waals surface area (Å²) >= 11 is 0. The van der Waals surface area contributed by atoms with Crippen LogP contribution in [-0.4, -0.2) is 37.3 Å². The summed E-state index contributed by atoms with van der Waals surface area (Å²) in [4.78, 5) is 28.4. The zero-order valence-electron chi connectivity index (χ0n) is 21.3. The van der Waals surface area contributed by atoms with Crippen LogP contribution in [-0.2, 0) is 22.2 Å². The molecule has 3 aliphatic heterocycles. The molecular weight excluding hydrogens is 455 g/mol. The molecule has 1 N–H and O–H groups in total. The van der Waals surface area contributed by atoms with Crippen molar-refractivity contribution in [2.24, 2.45) is 0 Å². The average molecular weight is 486 g/mol. The molecule has 1 amide bonds. The van der Waals surface area contributed by atoms with Crippen molar-refractivity contribution in [1.29, 1.82) is 0 Å². The normalized spacial score (nSPS) is 19.9. The third kappa shape index (κ3) is 3.75. The van der Waals surface area contributed by atoms with Crippen molar-refractivity contribution in [2.75, 3.05) is 23.3 Å². The molecule has 0 saturated carbocycles. The number of nitrogens with zero attached hydrogens (tertiary/aromatic N) is 1. The Morgan fingerprint density at radius 3 is 2.33 bits per heavy atom. The van der Waals surface area contributed by atoms with Crippen molar-refractivity contribution >= 4 is 40.8 Å². The summed E-state index contributed by atoms with van der Waals surface area (Å²) in [5.74, 6) is -0.484. The lowest BCUT2D eigenvalue weighted by Crippen LogP contribution is -2.41. The molecule has 3 aliphatic rings. The second kappa shape index (κ2) is 8.22. The fourth-order valence-electron chi connectivity index (χ4n) is 5.51. The van der Waals surface area contributed by atoms with Crippen LogP contribution < -0.4 is 21.3 Å². The Hall–Kier alpha value is -3.10. The van der Waals surface area contributed by atoms with Crippen LogP contribution in [0, 0.1) is 0 Å². The van der Waals surface area contributed by atoms with Gasteiger partial charge < -0.3 is 23.9 Å². The fourth-order valence-corrected chi connectivity index (χ4v) is 5.51. The second-order valence-electron chi connectivity index (χ2n) is 11.1. The Balaban J connectivity index is 1.26. The highest BCUT2D eigenvalue weighted by Gasteiger charge is 2.51. The minimum Gasteiger partial charge on any atom is -0.422 e. The van der Waals surface area contributed by atoms with E-state index >= 15 is 0 Å². The molecule has 0 unspecified atom stereocenters. The van der Waals surface area contributed by atoms with E-state index in [2.05, 4.69) is 16.3 Å². The van der Waals surface area contributed by atoms with Gasteiger partial charge in [-0.05, 0) is 88.7 Å². The average Bonchev–Trinajstić information content (AvgIpc) is 3.06. The molecule has 0 radical (unpaired) electrons. The Kier molecular flexibility index (Phi) is 5.32. The zero-order chi connectivity index (χ0) is 25.2. The SMILES string of the molecule is CC1(C)OB(c2ccc(NC(=O)c3cc4cc5c6c(c4oc3=O)CCCN6CCC5)cc2)OC1(C)C. The van der Waals surface area contributed by atoms with Crippen LogP contribution in [0.25, 0.3) is 11.0 Å². The lowest BCUT2D eigenvalue weighted by Gasteiger charge is -2.37. The second-order valence-corrected chi connectivity index (χ2v) is 11.1. The predicted molar refractivity (Wildman–Crippen MR) is 141 cm³/mol. The molecule has 2 aromatic carbocycles. The number of hydrogen-bond donors (Lipinski definition) is 1. The van der Waals surface area contributed by atoms with Gasteiger partial charge in [-0.3, -0.25) is 4.79 Å². The van der Waals surface area contributed by atoms with E-state index in [1.54, 1.807) is 18.2 Å². The molecule has 4 heterocycles. The number of anilines is 2. The Morgan fingerprint density at radius 1 is 0.972 bits per heavy atom. The van der Waals surface area contributed by atoms with Crippen LogP contribution >= 0.6 is 0 Å². The number of hydrogen-bond acceptors (Lipinski definition) is 6. The van der Waals surface area contributed by atoms with Gasteiger partial charge in [0.2, 0.25) is 0 Å². The van der Waals surface area contributed by atoms with Gasteiger partial charge in [-0.15, -0.1) is 0 Å². The van der Waals surface area contributed by atoms with Gasteiger partial charge in [-0.2, -0.15) is 0 Å². The molecule has 186 valence electrons. The van der Waals surface area contributed by atoms with E-state index in [0.29, 0.717) is 11.3 Å². The van der Waals surface area contributed by atoms with E-state index in [1.807, 2.05) is 39.8 Å². The molecule has 6 rings (SSSR count). The first-order valence-corrected chi connectivity index (χ1v) is 12.8. The minimum absolute atomic E-state index is 0.00756. The Morgan fingerprint density at radius 2 is 1.64 bits per heavy atom. The maximum Gasteiger partial charge on any atom is 0.494 e. The molecular formula is C28H31BN2O5. The van der Waals surface area contributed by atoms with Crippen molar-refractivity contribution in [3.8, 4) is 0 Å². The zero-order valence-corrected chi connectivity index (χ0v) is 21.3. The van der Waals surface area contributed by atoms with Crippen molar-refractivity contribution in [3.05, 3.63) is 63.5 Å². The van der Waals surface area contributed by atoms with Crippen molar-refractivity contribution < 1.29 is 18.5 Å². The minimum atomic E-state index is -0.613. The molecule has 1 saturated heterocycles. The van der Waals surface area contributed by atoms with Gasteiger partial charge in [0.15, 0.2) is 0 Å². The summed E-state index contributed by atoms with van der Waals surface area (Å²) in [5, 5.41) is 3.65. The van der Waals surface area contributed by atoms with Crippen LogP contribution in [0.2, 0.25) is 0 Å². The molecule has 1 aromatic heterocycles. The van der Waals surface area contributed by atoms with E-state index < -0.39 is 29.9 Å². The molecule has 8 heteroatoms. The number of benzene rings is 2. The number of carbonyl (C=O) groups is 1. The molecule has 0 atom stereocenters. The van der Waals surface area contributed by atoms with Gasteiger partial charge in [-0.1, -0.05) is 12.1 Å². The van der Waals surface area contributed by atoms with Crippen LogP contribution in [0.5, 0.6) is 0 Å². The first-order valence-electron chi connectivity index (χ1n) is 12.8. The van der Waals surface area contributed by atoms with E-state index in [1.165, 1.54) is 11.3 Å². The van der Waals surface area contributed by atoms with E-state index in [4.69, 9.17) is 13.7 Å². The van der Waals surface area contributed by atoms with Crippen LogP contribution in [0.1, 0.15) is 62.0 Å². The maximum atomic E-state index is 13.1. The number of nitrogens with one attached hydrogen (secondary N) is 1. The van der Waals surface area contributed by atoms with Gasteiger partial charge in [0.05, 0.1) is 11.2 Å². The fraction of sp³-hybridized carbons (Fsp3) is 0.429. The van der Waals surface area contributed by atoms with Crippen LogP contribution in [0.3, 0.4) is 0 Å². The standard InChI is InChI=1S/C28H31BN2O5/c1-27(2)28(3,4)36-29(35-27)19-9-11-20(12-10-19)30-25(32)22-16-18-15-17-7-5-13-31-14-6-8-21(23(17)31)24(18)34-26(22)33/h9-12,15-16H,5-8,13-14H2,1-4H3,(H,30,32). The van der Waals surface area contributed by atoms with Gasteiger partial charge in [0, 0.05) is 35.4 Å². The highest BCUT2D eigenvalue weighted by molar-refractivity contribution is 6.62. The highest BCUT2D eigenvalue weighted by atomic mass is 16.7. The maximum absolute atomic E-state index is 13.1. The molecule has 7 nitrogen and oxygen atoms in total. The third-order valence-electron chi connectivity index (χ3n) is 8.15. The van der Waals surface area contributed by atoms with Crippen molar-refractivity contribution in [1.82, 2.24) is 0 Å². The monoisotopic (exact) mass is 486 g/mol. The van der Waals surface area contributed by atoms with Crippen molar-refractivity contribution in [2.45, 2.75) is 64.6 Å². The van der Waals surface area contributed by atoms with Gasteiger partial charge >= 0.3 is 12.7 Å². The van der Waals surface area contributed by atoms with Gasteiger partial charge in [0.25, 0.3) is 5.91 Å². The summed E-state index contributed by atoms with van der Waals surface area (Å²) in [5.41, 5.74) is 4.23. The molecule has 36 heavy (non-hydrogen) atoms. The summed E-state index contributed by atoms with van der Waals surface area (Å²) in [6, 6.07) is 11.1. The van der Waals surface area contributed by atoms with Crippen molar-refractivity contribution in [3.63, 3.8) is 0 Å². The number of carbonyl (C=O) groups excluding carboxylic acids is 1. The Bertz CT molecular complexity index is 1410. The number of rotatable bonds is 3. The summed E-state index contributed by atoms with van der Waals surface area (Å²) in [6.07, 6.45) is 4.05. The molecule has 0 aliphatic carbocycles. The van der Waals surface area contributed by atoms with E-state index in [-0.39, 0.29) is 5.56 Å². The number of amides is 1. The number of aryl methyl sites for hydroxylation is 2. The van der Waals surface area contributed by atoms with Crippen LogP contribution in [0.4, 0.5) is 11.4 Å². The first kappa shape index (κ1) is 23.3. The predicted octanol–water partition coefficient (Wildman–Crippen LogP) is 4.04. The van der Waals surface area contributed by atoms with Gasteiger partial charge in [0.1, 0.15) is 11.1 Å². The third-order valence-corrected chi connectivity index (χ3v) is 8.15. The lowest BCUT2D eigenvalue weighted by atomic mass is 9.79. The van der Waals surface area contributed by atoms with Crippen LogP contribution in [0.15, 0.2) is 45.6 Å². The van der Waals surface area contributed by atoms with Gasteiger partial charge in [-0.25, -0.2) is 4.79 Å². The molecule has 3 aromatic rings. The largest absolute Gasteiger partial charge is 0.494 e. The topological polar surface area (TPSA) is 81.0 Å². The first-order chi connectivity index (χ1) is 17.1. The molecule has 1 fully saturated rings. The lowest BCUT2D eigenvalue weighted by molar-refractivity contribution is 0.00578. The van der Waals surface area contributed by atoms with E-state index in [0.717, 1.165) is 55.2 Å². The molecule has 0 spiro atoms. The molecule has 0 bridgehead atoms. The summed E-state index contributed by atoms with van der Waals surface area (Å²) in [6.45, 7) is 10.1. The number of fused-ring (bicyclic) bond motifs is 2. The summed E-state index contributed by atoms with van der Waals surface area (Å²) in [7, 11) is -0.477. The summed E-state index contributed by atoms with van der Waals surface area (Å²) < 4.78 is 18.0. The highest BCUT2D eigenvalue weighted by Crippen LogP contribution is 2.40. The Labute approximate surface area is 210 Å². The smallest absolute Gasteiger partial charge is 0.422 e. The van der Waals surface area contributed by atoms with E-state index in [9.17, 15) is 9.59 Å².